The van der Waals surface area contributed by atoms with Gasteiger partial charge in [0, 0.05) is 28.7 Å². The number of rotatable bonds is 5. The smallest absolute Gasteiger partial charge is 0.195 e. The summed E-state index contributed by atoms with van der Waals surface area (Å²) in [6.45, 7) is 2.02. The number of ketones is 2. The second kappa shape index (κ2) is 9.35. The maximum absolute atomic E-state index is 14.0. The zero-order valence-electron chi connectivity index (χ0n) is 19.4. The van der Waals surface area contributed by atoms with Gasteiger partial charge in [0.15, 0.2) is 11.6 Å². The fourth-order valence-corrected chi connectivity index (χ4v) is 4.32. The number of nitrogens with zero attached hydrogens (tertiary/aromatic N) is 1. The van der Waals surface area contributed by atoms with Crippen molar-refractivity contribution in [3.63, 3.8) is 0 Å². The van der Waals surface area contributed by atoms with Crippen LogP contribution in [0.5, 0.6) is 0 Å². The lowest BCUT2D eigenvalue weighted by atomic mass is 9.78. The molecule has 4 aromatic carbocycles. The van der Waals surface area contributed by atoms with Crippen molar-refractivity contribution >= 4 is 28.7 Å². The van der Waals surface area contributed by atoms with Crippen LogP contribution in [0, 0.1) is 6.92 Å². The maximum atomic E-state index is 14.0. The summed E-state index contributed by atoms with van der Waals surface area (Å²) < 4.78 is 0. The number of allylic oxidation sites excluding steroid dienone is 2. The number of fused-ring (bicyclic) bond motifs is 1. The van der Waals surface area contributed by atoms with Gasteiger partial charge >= 0.3 is 0 Å². The van der Waals surface area contributed by atoms with E-state index in [1.807, 2.05) is 85.8 Å². The fraction of sp³-hybridized carbons (Fsp3) is 0.0645. The van der Waals surface area contributed by atoms with Crippen LogP contribution in [-0.2, 0) is 6.42 Å². The zero-order valence-corrected chi connectivity index (χ0v) is 19.4. The molecule has 1 aliphatic rings. The number of Topliss-reactive ketones (excluding diaryl/α,β-unsaturated/α-hetero) is 2. The molecule has 0 saturated carbocycles. The van der Waals surface area contributed by atoms with E-state index in [2.05, 4.69) is 0 Å². The van der Waals surface area contributed by atoms with Crippen molar-refractivity contribution in [2.45, 2.75) is 13.3 Å². The molecular weight excluding hydrogens is 432 g/mol. The lowest BCUT2D eigenvalue weighted by Gasteiger charge is -2.24. The van der Waals surface area contributed by atoms with Crippen LogP contribution >= 0.6 is 0 Å². The van der Waals surface area contributed by atoms with Crippen molar-refractivity contribution in [1.82, 2.24) is 0 Å². The number of benzene rings is 4. The molecule has 170 valence electrons. The highest BCUT2D eigenvalue weighted by molar-refractivity contribution is 6.41. The predicted octanol–water partition coefficient (Wildman–Crippen LogP) is 6.32. The van der Waals surface area contributed by atoms with Gasteiger partial charge in [-0.2, -0.15) is 0 Å². The van der Waals surface area contributed by atoms with E-state index in [0.717, 1.165) is 11.1 Å². The third-order valence-corrected chi connectivity index (χ3v) is 6.17. The molecule has 0 aliphatic heterocycles. The van der Waals surface area contributed by atoms with Gasteiger partial charge in [0.25, 0.3) is 0 Å². The van der Waals surface area contributed by atoms with Gasteiger partial charge in [-0.1, -0.05) is 96.6 Å². The van der Waals surface area contributed by atoms with Crippen LogP contribution < -0.4 is 5.73 Å². The van der Waals surface area contributed by atoms with E-state index in [9.17, 15) is 9.59 Å². The summed E-state index contributed by atoms with van der Waals surface area (Å²) in [7, 11) is 0. The van der Waals surface area contributed by atoms with Crippen molar-refractivity contribution in [3.05, 3.63) is 142 Å². The first-order valence-corrected chi connectivity index (χ1v) is 11.5. The SMILES string of the molecule is Cc1ccc(CC2=C(C(=O)c3ccccc3)C(=Nc3ccccc3N)c3ccccc3C2=O)cc1. The van der Waals surface area contributed by atoms with Crippen LogP contribution in [0.1, 0.15) is 37.4 Å². The zero-order chi connectivity index (χ0) is 24.4. The molecule has 2 N–H and O–H groups in total. The van der Waals surface area contributed by atoms with Gasteiger partial charge in [0.2, 0.25) is 0 Å². The average molecular weight is 457 g/mol. The third kappa shape index (κ3) is 4.34. The molecule has 1 aliphatic carbocycles. The number of aliphatic imine (C=N–C) groups is 1. The van der Waals surface area contributed by atoms with Gasteiger partial charge in [-0.25, -0.2) is 4.99 Å². The summed E-state index contributed by atoms with van der Waals surface area (Å²) in [5, 5.41) is 0. The second-order valence-corrected chi connectivity index (χ2v) is 8.61. The van der Waals surface area contributed by atoms with Crippen molar-refractivity contribution in [2.24, 2.45) is 4.99 Å². The first-order chi connectivity index (χ1) is 17.0. The quantitative estimate of drug-likeness (QED) is 0.282. The first kappa shape index (κ1) is 22.2. The number of hydrogen-bond acceptors (Lipinski definition) is 4. The highest BCUT2D eigenvalue weighted by atomic mass is 16.1. The van der Waals surface area contributed by atoms with Crippen molar-refractivity contribution < 1.29 is 9.59 Å². The van der Waals surface area contributed by atoms with Crippen LogP contribution in [0.4, 0.5) is 11.4 Å². The van der Waals surface area contributed by atoms with Crippen LogP contribution in [0.25, 0.3) is 0 Å². The monoisotopic (exact) mass is 456 g/mol. The Kier molecular flexibility index (Phi) is 5.94. The minimum Gasteiger partial charge on any atom is -0.397 e. The van der Waals surface area contributed by atoms with E-state index >= 15 is 0 Å². The van der Waals surface area contributed by atoms with Crippen LogP contribution in [0.15, 0.2) is 119 Å². The summed E-state index contributed by atoms with van der Waals surface area (Å²) >= 11 is 0. The molecule has 0 fully saturated rings. The summed E-state index contributed by atoms with van der Waals surface area (Å²) in [4.78, 5) is 32.7. The lowest BCUT2D eigenvalue weighted by molar-refractivity contribution is 0.0999. The minimum atomic E-state index is -0.233. The summed E-state index contributed by atoms with van der Waals surface area (Å²) in [5.41, 5.74) is 12.3. The largest absolute Gasteiger partial charge is 0.397 e. The molecule has 0 amide bonds. The summed E-state index contributed by atoms with van der Waals surface area (Å²) in [6.07, 6.45) is 0.324. The van der Waals surface area contributed by atoms with E-state index in [4.69, 9.17) is 10.7 Å². The molecule has 0 heterocycles. The average Bonchev–Trinajstić information content (AvgIpc) is 2.89. The molecule has 0 radical (unpaired) electrons. The molecule has 4 aromatic rings. The highest BCUT2D eigenvalue weighted by Crippen LogP contribution is 2.34. The molecule has 0 bridgehead atoms. The molecule has 0 spiro atoms. The molecule has 0 atom stereocenters. The van der Waals surface area contributed by atoms with Gasteiger partial charge in [-0.05, 0) is 24.6 Å². The van der Waals surface area contributed by atoms with Crippen molar-refractivity contribution in [2.75, 3.05) is 5.73 Å². The number of nitrogens with two attached hydrogens (primary N) is 1. The topological polar surface area (TPSA) is 72.5 Å². The Hall–Kier alpha value is -4.57. The molecule has 4 heteroatoms. The first-order valence-electron chi connectivity index (χ1n) is 11.5. The predicted molar refractivity (Wildman–Crippen MR) is 141 cm³/mol. The van der Waals surface area contributed by atoms with Gasteiger partial charge in [-0.3, -0.25) is 9.59 Å². The molecule has 35 heavy (non-hydrogen) atoms. The molecule has 5 rings (SSSR count). The van der Waals surface area contributed by atoms with Crippen molar-refractivity contribution in [1.29, 1.82) is 0 Å². The molecule has 0 saturated heterocycles. The molecule has 0 unspecified atom stereocenters. The summed E-state index contributed by atoms with van der Waals surface area (Å²) in [5.74, 6) is -0.385. The van der Waals surface area contributed by atoms with E-state index in [-0.39, 0.29) is 11.6 Å². The maximum Gasteiger partial charge on any atom is 0.195 e. The number of nitrogen functional groups attached to an aromatic ring is 1. The summed E-state index contributed by atoms with van der Waals surface area (Å²) in [6, 6.07) is 31.6. The van der Waals surface area contributed by atoms with E-state index in [1.54, 1.807) is 24.3 Å². The highest BCUT2D eigenvalue weighted by Gasteiger charge is 2.34. The Morgan fingerprint density at radius 3 is 2.11 bits per heavy atom. The van der Waals surface area contributed by atoms with Crippen molar-refractivity contribution in [3.8, 4) is 0 Å². The van der Waals surface area contributed by atoms with E-state index < -0.39 is 0 Å². The fourth-order valence-electron chi connectivity index (χ4n) is 4.32. The van der Waals surface area contributed by atoms with Crippen LogP contribution in [0.2, 0.25) is 0 Å². The number of aryl methyl sites for hydroxylation is 1. The number of anilines is 1. The van der Waals surface area contributed by atoms with E-state index in [0.29, 0.717) is 51.3 Å². The molecule has 4 nitrogen and oxygen atoms in total. The van der Waals surface area contributed by atoms with E-state index in [1.165, 1.54) is 0 Å². The standard InChI is InChI=1S/C31H24N2O2/c1-20-15-17-21(18-16-20)19-25-28(30(34)22-9-3-2-4-10-22)29(33-27-14-8-7-13-26(27)32)23-11-5-6-12-24(23)31(25)35/h2-18H,19,32H2,1H3. The molecular formula is C31H24N2O2. The Morgan fingerprint density at radius 1 is 0.771 bits per heavy atom. The number of hydrogen-bond donors (Lipinski definition) is 1. The number of carbonyl (C=O) groups excluding carboxylic acids is 2. The number of para-hydroxylation sites is 2. The Balaban J connectivity index is 1.79. The van der Waals surface area contributed by atoms with Gasteiger partial charge in [0.05, 0.1) is 22.7 Å². The second-order valence-electron chi connectivity index (χ2n) is 8.61. The van der Waals surface area contributed by atoms with Crippen LogP contribution in [-0.4, -0.2) is 17.3 Å². The third-order valence-electron chi connectivity index (χ3n) is 6.17. The molecule has 0 aromatic heterocycles. The van der Waals surface area contributed by atoms with Gasteiger partial charge in [-0.15, -0.1) is 0 Å². The minimum absolute atomic E-state index is 0.152. The van der Waals surface area contributed by atoms with Crippen LogP contribution in [0.3, 0.4) is 0 Å². The number of carbonyl (C=O) groups is 2. The van der Waals surface area contributed by atoms with Gasteiger partial charge in [0.1, 0.15) is 0 Å². The van der Waals surface area contributed by atoms with Gasteiger partial charge < -0.3 is 5.73 Å². The lowest BCUT2D eigenvalue weighted by Crippen LogP contribution is -2.28. The Morgan fingerprint density at radius 2 is 1.40 bits per heavy atom. The Bertz CT molecular complexity index is 1500. The Labute approximate surface area is 204 Å². The normalized spacial score (nSPS) is 14.2.